The molecule has 0 aromatic heterocycles. The molecule has 86 valence electrons. The van der Waals surface area contributed by atoms with Crippen LogP contribution >= 0.6 is 11.6 Å². The fraction of sp³-hybridized carbons (Fsp3) is 0.692. The molecule has 1 aliphatic rings. The van der Waals surface area contributed by atoms with Crippen molar-refractivity contribution in [3.8, 4) is 0 Å². The van der Waals surface area contributed by atoms with Gasteiger partial charge in [-0.1, -0.05) is 31.2 Å². The predicted molar refractivity (Wildman–Crippen MR) is 68.5 cm³/mol. The maximum Gasteiger partial charge on any atom is 0.0360 e. The Balaban J connectivity index is 2.05. The number of hydrogen-bond donors (Lipinski definition) is 0. The highest BCUT2D eigenvalue weighted by molar-refractivity contribution is 6.20. The average molecular weight is 228 g/mol. The van der Waals surface area contributed by atoms with E-state index in [1.807, 2.05) is 0 Å². The summed E-state index contributed by atoms with van der Waals surface area (Å²) >= 11 is 6.05. The van der Waals surface area contributed by atoms with Crippen LogP contribution in [0.25, 0.3) is 0 Å². The lowest BCUT2D eigenvalue weighted by molar-refractivity contribution is 0.235. The number of nitrogens with zero attached hydrogens (tertiary/aromatic N) is 1. The second-order valence-electron chi connectivity index (χ2n) is 4.07. The first kappa shape index (κ1) is 12.8. The van der Waals surface area contributed by atoms with E-state index >= 15 is 0 Å². The van der Waals surface area contributed by atoms with Crippen molar-refractivity contribution in [2.24, 2.45) is 0 Å². The van der Waals surface area contributed by atoms with Crippen molar-refractivity contribution in [2.75, 3.05) is 19.6 Å². The first-order valence-electron chi connectivity index (χ1n) is 6.01. The molecule has 0 aromatic rings. The van der Waals surface area contributed by atoms with E-state index in [0.717, 1.165) is 25.7 Å². The third kappa shape index (κ3) is 6.01. The van der Waals surface area contributed by atoms with E-state index in [2.05, 4.69) is 36.1 Å². The summed E-state index contributed by atoms with van der Waals surface area (Å²) in [6.45, 7) is 5.68. The molecule has 0 N–H and O–H groups in total. The van der Waals surface area contributed by atoms with Crippen LogP contribution in [0.5, 0.6) is 0 Å². The molecule has 0 amide bonds. The number of rotatable bonds is 5. The van der Waals surface area contributed by atoms with Gasteiger partial charge in [0.25, 0.3) is 0 Å². The van der Waals surface area contributed by atoms with Crippen LogP contribution in [0.15, 0.2) is 24.3 Å². The second-order valence-corrected chi connectivity index (χ2v) is 4.69. The van der Waals surface area contributed by atoms with Gasteiger partial charge in [0.05, 0.1) is 0 Å². The molecule has 0 aliphatic carbocycles. The Hall–Kier alpha value is -0.270. The van der Waals surface area contributed by atoms with E-state index in [-0.39, 0.29) is 0 Å². The van der Waals surface area contributed by atoms with Crippen LogP contribution in [0.2, 0.25) is 0 Å². The van der Waals surface area contributed by atoms with Gasteiger partial charge in [0.2, 0.25) is 0 Å². The summed E-state index contributed by atoms with van der Waals surface area (Å²) in [5.74, 6) is 0. The number of piperidine rings is 1. The Morgan fingerprint density at radius 3 is 2.53 bits per heavy atom. The maximum absolute atomic E-state index is 6.05. The highest BCUT2D eigenvalue weighted by Crippen LogP contribution is 2.15. The SMILES string of the molecule is CC/C=C\C=C/CCN1CCC(Cl)CC1. The van der Waals surface area contributed by atoms with Gasteiger partial charge in [0, 0.05) is 11.9 Å². The molecular formula is C13H22ClN. The Labute approximate surface area is 98.8 Å². The van der Waals surface area contributed by atoms with Gasteiger partial charge in [0.15, 0.2) is 0 Å². The summed E-state index contributed by atoms with van der Waals surface area (Å²) in [5.41, 5.74) is 0. The molecule has 1 heterocycles. The number of likely N-dealkylation sites (tertiary alicyclic amines) is 1. The van der Waals surface area contributed by atoms with Crippen LogP contribution in [0.3, 0.4) is 0 Å². The molecule has 0 aromatic carbocycles. The average Bonchev–Trinajstić information content (AvgIpc) is 2.26. The molecule has 0 radical (unpaired) electrons. The molecule has 0 bridgehead atoms. The fourth-order valence-electron chi connectivity index (χ4n) is 1.77. The van der Waals surface area contributed by atoms with Crippen LogP contribution in [0, 0.1) is 0 Å². The molecule has 0 atom stereocenters. The Bertz CT molecular complexity index is 203. The number of halogens is 1. The smallest absolute Gasteiger partial charge is 0.0360 e. The quantitative estimate of drug-likeness (QED) is 0.513. The lowest BCUT2D eigenvalue weighted by Crippen LogP contribution is -2.34. The Kier molecular flexibility index (Phi) is 6.78. The van der Waals surface area contributed by atoms with Crippen molar-refractivity contribution in [3.63, 3.8) is 0 Å². The van der Waals surface area contributed by atoms with Crippen molar-refractivity contribution in [1.82, 2.24) is 4.90 Å². The zero-order valence-corrected chi connectivity index (χ0v) is 10.4. The van der Waals surface area contributed by atoms with Gasteiger partial charge in [0.1, 0.15) is 0 Å². The highest BCUT2D eigenvalue weighted by atomic mass is 35.5. The van der Waals surface area contributed by atoms with Gasteiger partial charge in [-0.3, -0.25) is 0 Å². The van der Waals surface area contributed by atoms with Crippen molar-refractivity contribution in [1.29, 1.82) is 0 Å². The van der Waals surface area contributed by atoms with E-state index in [4.69, 9.17) is 11.6 Å². The van der Waals surface area contributed by atoms with Crippen molar-refractivity contribution in [3.05, 3.63) is 24.3 Å². The molecule has 1 saturated heterocycles. The molecule has 0 unspecified atom stereocenters. The zero-order chi connectivity index (χ0) is 10.9. The van der Waals surface area contributed by atoms with Crippen molar-refractivity contribution in [2.45, 2.75) is 38.0 Å². The van der Waals surface area contributed by atoms with E-state index in [9.17, 15) is 0 Å². The lowest BCUT2D eigenvalue weighted by atomic mass is 10.1. The molecule has 1 nitrogen and oxygen atoms in total. The fourth-order valence-corrected chi connectivity index (χ4v) is 1.97. The minimum atomic E-state index is 0.421. The van der Waals surface area contributed by atoms with Gasteiger partial charge >= 0.3 is 0 Å². The number of hydrogen-bond acceptors (Lipinski definition) is 1. The van der Waals surface area contributed by atoms with E-state index in [1.54, 1.807) is 0 Å². The standard InChI is InChI=1S/C13H22ClN/c1-2-3-4-5-6-7-10-15-11-8-13(14)9-12-15/h3-6,13H,2,7-12H2,1H3/b4-3-,6-5-. The largest absolute Gasteiger partial charge is 0.303 e. The predicted octanol–water partition coefficient (Wildman–Crippen LogP) is 3.60. The van der Waals surface area contributed by atoms with E-state index in [0.29, 0.717) is 5.38 Å². The van der Waals surface area contributed by atoms with Gasteiger partial charge in [-0.15, -0.1) is 11.6 Å². The summed E-state index contributed by atoms with van der Waals surface area (Å²) in [6.07, 6.45) is 13.3. The highest BCUT2D eigenvalue weighted by Gasteiger charge is 2.15. The van der Waals surface area contributed by atoms with E-state index < -0.39 is 0 Å². The van der Waals surface area contributed by atoms with Crippen LogP contribution in [-0.2, 0) is 0 Å². The molecule has 0 saturated carbocycles. The third-order valence-corrected chi connectivity index (χ3v) is 3.18. The molecule has 2 heteroatoms. The molecule has 1 fully saturated rings. The zero-order valence-electron chi connectivity index (χ0n) is 9.66. The first-order valence-corrected chi connectivity index (χ1v) is 6.44. The minimum absolute atomic E-state index is 0.421. The molecule has 15 heavy (non-hydrogen) atoms. The van der Waals surface area contributed by atoms with Gasteiger partial charge in [-0.2, -0.15) is 0 Å². The number of alkyl halides is 1. The summed E-state index contributed by atoms with van der Waals surface area (Å²) in [4.78, 5) is 2.51. The lowest BCUT2D eigenvalue weighted by Gasteiger charge is -2.28. The van der Waals surface area contributed by atoms with Crippen LogP contribution in [0.4, 0.5) is 0 Å². The summed E-state index contributed by atoms with van der Waals surface area (Å²) < 4.78 is 0. The van der Waals surface area contributed by atoms with Crippen LogP contribution < -0.4 is 0 Å². The van der Waals surface area contributed by atoms with Gasteiger partial charge in [-0.25, -0.2) is 0 Å². The first-order chi connectivity index (χ1) is 7.33. The van der Waals surface area contributed by atoms with Crippen molar-refractivity contribution < 1.29 is 0 Å². The number of allylic oxidation sites excluding steroid dienone is 3. The van der Waals surface area contributed by atoms with Crippen molar-refractivity contribution >= 4 is 11.6 Å². The Morgan fingerprint density at radius 1 is 1.20 bits per heavy atom. The summed E-state index contributed by atoms with van der Waals surface area (Å²) in [7, 11) is 0. The summed E-state index contributed by atoms with van der Waals surface area (Å²) in [6, 6.07) is 0. The Morgan fingerprint density at radius 2 is 1.87 bits per heavy atom. The van der Waals surface area contributed by atoms with Crippen LogP contribution in [0.1, 0.15) is 32.6 Å². The second kappa shape index (κ2) is 7.95. The maximum atomic E-state index is 6.05. The topological polar surface area (TPSA) is 3.24 Å². The van der Waals surface area contributed by atoms with E-state index in [1.165, 1.54) is 19.6 Å². The molecular weight excluding hydrogens is 206 g/mol. The van der Waals surface area contributed by atoms with Gasteiger partial charge < -0.3 is 4.90 Å². The third-order valence-electron chi connectivity index (χ3n) is 2.75. The van der Waals surface area contributed by atoms with Crippen LogP contribution in [-0.4, -0.2) is 29.9 Å². The minimum Gasteiger partial charge on any atom is -0.303 e. The van der Waals surface area contributed by atoms with Gasteiger partial charge in [-0.05, 0) is 38.8 Å². The summed E-state index contributed by atoms with van der Waals surface area (Å²) in [5, 5.41) is 0.421. The molecule has 1 rings (SSSR count). The molecule has 0 spiro atoms. The molecule has 1 aliphatic heterocycles. The normalized spacial score (nSPS) is 20.7. The monoisotopic (exact) mass is 227 g/mol.